The van der Waals surface area contributed by atoms with Crippen molar-refractivity contribution in [2.75, 3.05) is 0 Å². The van der Waals surface area contributed by atoms with Crippen LogP contribution in [-0.2, 0) is 11.3 Å². The van der Waals surface area contributed by atoms with E-state index in [4.69, 9.17) is 0 Å². The van der Waals surface area contributed by atoms with E-state index in [2.05, 4.69) is 16.4 Å². The molecule has 0 unspecified atom stereocenters. The second-order valence-corrected chi connectivity index (χ2v) is 6.18. The van der Waals surface area contributed by atoms with Gasteiger partial charge in [0.15, 0.2) is 0 Å². The molecule has 1 aliphatic rings. The highest BCUT2D eigenvalue weighted by Crippen LogP contribution is 2.25. The van der Waals surface area contributed by atoms with Gasteiger partial charge in [0.2, 0.25) is 5.91 Å². The summed E-state index contributed by atoms with van der Waals surface area (Å²) in [4.78, 5) is 16.7. The first kappa shape index (κ1) is 15.0. The smallest absolute Gasteiger partial charge is 0.223 e. The largest absolute Gasteiger partial charge is 0.393 e. The number of aliphatic hydroxyl groups excluding tert-OH is 1. The number of aryl methyl sites for hydroxylation is 1. The number of nitrogens with zero attached hydrogens (tertiary/aromatic N) is 1. The normalized spacial score (nSPS) is 21.7. The van der Waals surface area contributed by atoms with Crippen LogP contribution >= 0.6 is 0 Å². The lowest BCUT2D eigenvalue weighted by atomic mass is 9.86. The second kappa shape index (κ2) is 6.44. The minimum absolute atomic E-state index is 0.0522. The molecule has 1 aliphatic carbocycles. The zero-order chi connectivity index (χ0) is 15.5. The third-order valence-electron chi connectivity index (χ3n) is 4.53. The Balaban J connectivity index is 1.71. The molecule has 4 nitrogen and oxygen atoms in total. The van der Waals surface area contributed by atoms with E-state index in [-0.39, 0.29) is 17.9 Å². The van der Waals surface area contributed by atoms with Crippen LogP contribution in [-0.4, -0.2) is 22.1 Å². The number of carbonyl (C=O) groups excluding carboxylic acids is 1. The summed E-state index contributed by atoms with van der Waals surface area (Å²) in [6, 6.07) is 8.06. The van der Waals surface area contributed by atoms with Crippen molar-refractivity contribution in [1.29, 1.82) is 0 Å². The van der Waals surface area contributed by atoms with E-state index < -0.39 is 0 Å². The van der Waals surface area contributed by atoms with Gasteiger partial charge >= 0.3 is 0 Å². The van der Waals surface area contributed by atoms with E-state index in [1.165, 1.54) is 0 Å². The van der Waals surface area contributed by atoms with Crippen molar-refractivity contribution < 1.29 is 9.90 Å². The number of benzene rings is 1. The number of carbonyl (C=O) groups is 1. The van der Waals surface area contributed by atoms with Crippen LogP contribution in [0.5, 0.6) is 0 Å². The third kappa shape index (κ3) is 3.12. The summed E-state index contributed by atoms with van der Waals surface area (Å²) in [5.41, 5.74) is 3.21. The number of aliphatic hydroxyl groups is 1. The van der Waals surface area contributed by atoms with Crippen LogP contribution in [0.4, 0.5) is 0 Å². The van der Waals surface area contributed by atoms with Crippen molar-refractivity contribution in [3.05, 3.63) is 41.6 Å². The molecule has 2 aromatic rings. The summed E-state index contributed by atoms with van der Waals surface area (Å²) in [5.74, 6) is -0.00467. The van der Waals surface area contributed by atoms with E-state index in [1.54, 1.807) is 6.20 Å². The van der Waals surface area contributed by atoms with Gasteiger partial charge in [-0.15, -0.1) is 0 Å². The maximum absolute atomic E-state index is 12.3. The Bertz CT molecular complexity index is 684. The Morgan fingerprint density at radius 2 is 2.23 bits per heavy atom. The molecule has 0 radical (unpaired) electrons. The molecule has 3 rings (SSSR count). The lowest BCUT2D eigenvalue weighted by Gasteiger charge is -2.25. The minimum atomic E-state index is -0.325. The van der Waals surface area contributed by atoms with Gasteiger partial charge in [0.25, 0.3) is 0 Å². The van der Waals surface area contributed by atoms with Gasteiger partial charge in [0.05, 0.1) is 11.6 Å². The SMILES string of the molecule is Cc1ccc(CNC(=O)[C@@H]2CCC[C@@H](O)C2)c2cccnc12. The van der Waals surface area contributed by atoms with E-state index in [1.807, 2.05) is 25.1 Å². The molecule has 0 bridgehead atoms. The van der Waals surface area contributed by atoms with Gasteiger partial charge in [-0.2, -0.15) is 0 Å². The Kier molecular flexibility index (Phi) is 4.39. The van der Waals surface area contributed by atoms with Gasteiger partial charge in [0, 0.05) is 24.0 Å². The number of rotatable bonds is 3. The predicted octanol–water partition coefficient (Wildman–Crippen LogP) is 2.71. The number of fused-ring (bicyclic) bond motifs is 1. The highest BCUT2D eigenvalue weighted by molar-refractivity contribution is 5.85. The van der Waals surface area contributed by atoms with E-state index in [9.17, 15) is 9.90 Å². The van der Waals surface area contributed by atoms with Crippen LogP contribution in [0.1, 0.15) is 36.8 Å². The predicted molar refractivity (Wildman–Crippen MR) is 86.3 cm³/mol. The first-order valence-corrected chi connectivity index (χ1v) is 7.94. The number of aromatic nitrogens is 1. The molecule has 2 atom stereocenters. The molecule has 2 N–H and O–H groups in total. The maximum atomic E-state index is 12.3. The van der Waals surface area contributed by atoms with Crippen LogP contribution in [0.2, 0.25) is 0 Å². The van der Waals surface area contributed by atoms with E-state index in [0.29, 0.717) is 13.0 Å². The van der Waals surface area contributed by atoms with Crippen molar-refractivity contribution in [3.63, 3.8) is 0 Å². The van der Waals surface area contributed by atoms with Gasteiger partial charge in [0.1, 0.15) is 0 Å². The molecule has 0 saturated heterocycles. The monoisotopic (exact) mass is 298 g/mol. The number of amides is 1. The standard InChI is InChI=1S/C18H22N2O2/c1-12-7-8-14(16-6-3-9-19-17(12)16)11-20-18(22)13-4-2-5-15(21)10-13/h3,6-9,13,15,21H,2,4-5,10-11H2,1H3,(H,20,22)/t13-,15-/m1/s1. The van der Waals surface area contributed by atoms with Crippen LogP contribution in [0.25, 0.3) is 10.9 Å². The van der Waals surface area contributed by atoms with Gasteiger partial charge in [-0.05, 0) is 43.4 Å². The molecule has 4 heteroatoms. The van der Waals surface area contributed by atoms with Gasteiger partial charge < -0.3 is 10.4 Å². The summed E-state index contributed by atoms with van der Waals surface area (Å²) in [6.45, 7) is 2.55. The molecule has 1 fully saturated rings. The van der Waals surface area contributed by atoms with Crippen molar-refractivity contribution in [2.45, 2.75) is 45.3 Å². The van der Waals surface area contributed by atoms with E-state index >= 15 is 0 Å². The van der Waals surface area contributed by atoms with Crippen LogP contribution in [0.3, 0.4) is 0 Å². The molecule has 1 aromatic carbocycles. The highest BCUT2D eigenvalue weighted by Gasteiger charge is 2.25. The summed E-state index contributed by atoms with van der Waals surface area (Å²) in [5, 5.41) is 13.8. The number of nitrogens with one attached hydrogen (secondary N) is 1. The van der Waals surface area contributed by atoms with Crippen molar-refractivity contribution in [3.8, 4) is 0 Å². The lowest BCUT2D eigenvalue weighted by Crippen LogP contribution is -2.34. The summed E-state index contributed by atoms with van der Waals surface area (Å²) < 4.78 is 0. The summed E-state index contributed by atoms with van der Waals surface area (Å²) >= 11 is 0. The van der Waals surface area contributed by atoms with Crippen molar-refractivity contribution >= 4 is 16.8 Å². The topological polar surface area (TPSA) is 62.2 Å². The first-order chi connectivity index (χ1) is 10.6. The number of hydrogen-bond donors (Lipinski definition) is 2. The van der Waals surface area contributed by atoms with Crippen LogP contribution in [0.15, 0.2) is 30.5 Å². The maximum Gasteiger partial charge on any atom is 0.223 e. The van der Waals surface area contributed by atoms with Gasteiger partial charge in [-0.3, -0.25) is 9.78 Å². The summed E-state index contributed by atoms with van der Waals surface area (Å²) in [6.07, 6.45) is 4.67. The van der Waals surface area contributed by atoms with E-state index in [0.717, 1.165) is 41.3 Å². The third-order valence-corrected chi connectivity index (χ3v) is 4.53. The van der Waals surface area contributed by atoms with Gasteiger partial charge in [-0.1, -0.05) is 24.6 Å². The fourth-order valence-corrected chi connectivity index (χ4v) is 3.26. The highest BCUT2D eigenvalue weighted by atomic mass is 16.3. The first-order valence-electron chi connectivity index (χ1n) is 7.94. The Hall–Kier alpha value is -1.94. The Labute approximate surface area is 130 Å². The zero-order valence-electron chi connectivity index (χ0n) is 12.9. The average molecular weight is 298 g/mol. The Morgan fingerprint density at radius 3 is 3.05 bits per heavy atom. The Morgan fingerprint density at radius 1 is 1.36 bits per heavy atom. The summed E-state index contributed by atoms with van der Waals surface area (Å²) in [7, 11) is 0. The molecular weight excluding hydrogens is 276 g/mol. The molecule has 22 heavy (non-hydrogen) atoms. The molecule has 1 saturated carbocycles. The lowest BCUT2D eigenvalue weighted by molar-refractivity contribution is -0.127. The van der Waals surface area contributed by atoms with Gasteiger partial charge in [-0.25, -0.2) is 0 Å². The molecule has 1 amide bonds. The molecule has 1 aromatic heterocycles. The van der Waals surface area contributed by atoms with Crippen molar-refractivity contribution in [1.82, 2.24) is 10.3 Å². The zero-order valence-corrected chi connectivity index (χ0v) is 12.9. The van der Waals surface area contributed by atoms with Crippen molar-refractivity contribution in [2.24, 2.45) is 5.92 Å². The molecule has 1 heterocycles. The minimum Gasteiger partial charge on any atom is -0.393 e. The van der Waals surface area contributed by atoms with Crippen LogP contribution in [0, 0.1) is 12.8 Å². The fraction of sp³-hybridized carbons (Fsp3) is 0.444. The van der Waals surface area contributed by atoms with Crippen LogP contribution < -0.4 is 5.32 Å². The molecular formula is C18H22N2O2. The number of pyridine rings is 1. The molecule has 116 valence electrons. The second-order valence-electron chi connectivity index (χ2n) is 6.18. The molecule has 0 spiro atoms. The average Bonchev–Trinajstić information content (AvgIpc) is 2.54. The number of hydrogen-bond acceptors (Lipinski definition) is 3. The fourth-order valence-electron chi connectivity index (χ4n) is 3.26. The quantitative estimate of drug-likeness (QED) is 0.916. The molecule has 0 aliphatic heterocycles.